The van der Waals surface area contributed by atoms with Crippen LogP contribution in [-0.4, -0.2) is 43.7 Å². The third kappa shape index (κ3) is 1.94. The minimum Gasteiger partial charge on any atom is -0.493 e. The van der Waals surface area contributed by atoms with Gasteiger partial charge in [0.15, 0.2) is 17.3 Å². The van der Waals surface area contributed by atoms with Gasteiger partial charge in [-0.15, -0.1) is 0 Å². The summed E-state index contributed by atoms with van der Waals surface area (Å²) < 4.78 is 16.5. The van der Waals surface area contributed by atoms with Gasteiger partial charge in [-0.1, -0.05) is 0 Å². The summed E-state index contributed by atoms with van der Waals surface area (Å²) in [5.74, 6) is 2.41. The number of piperidine rings is 1. The van der Waals surface area contributed by atoms with Gasteiger partial charge in [0.05, 0.1) is 13.0 Å². The average Bonchev–Trinajstić information content (AvgIpc) is 2.99. The predicted octanol–water partition coefficient (Wildman–Crippen LogP) is 2.25. The Kier molecular flexibility index (Phi) is 3.13. The molecule has 5 rings (SSSR count). The number of ether oxygens (including phenoxy) is 3. The van der Waals surface area contributed by atoms with Gasteiger partial charge >= 0.3 is 0 Å². The van der Waals surface area contributed by atoms with E-state index in [-0.39, 0.29) is 24.5 Å². The smallest absolute Gasteiger partial charge is 0.231 e. The van der Waals surface area contributed by atoms with Gasteiger partial charge in [-0.05, 0) is 61.1 Å². The number of benzene rings is 1. The van der Waals surface area contributed by atoms with Gasteiger partial charge in [-0.2, -0.15) is 0 Å². The standard InChI is InChI=1S/C19H21NO4/c1-22-16-8-12-3-2-5-20-6-4-11-7-14-15(24-10-23-14)9-13(11)17(18(12)20)19(16)21/h7-9,12,17-18H,2-6,10H2,1H3/t12?,17?,18-/m0/s1. The van der Waals surface area contributed by atoms with Gasteiger partial charge in [0.25, 0.3) is 0 Å². The summed E-state index contributed by atoms with van der Waals surface area (Å²) in [6, 6.07) is 4.35. The second-order valence-corrected chi connectivity index (χ2v) is 7.06. The van der Waals surface area contributed by atoms with Crippen molar-refractivity contribution in [3.05, 3.63) is 35.1 Å². The van der Waals surface area contributed by atoms with Crippen LogP contribution in [0.15, 0.2) is 24.0 Å². The molecule has 0 N–H and O–H groups in total. The maximum absolute atomic E-state index is 13.1. The number of methoxy groups -OCH3 is 1. The number of ketones is 1. The van der Waals surface area contributed by atoms with Crippen LogP contribution in [0.1, 0.15) is 29.9 Å². The Labute approximate surface area is 141 Å². The van der Waals surface area contributed by atoms with Crippen LogP contribution in [0.3, 0.4) is 0 Å². The van der Waals surface area contributed by atoms with Gasteiger partial charge < -0.3 is 14.2 Å². The van der Waals surface area contributed by atoms with Crippen molar-refractivity contribution in [2.75, 3.05) is 27.0 Å². The molecule has 0 aromatic heterocycles. The van der Waals surface area contributed by atoms with E-state index in [1.807, 2.05) is 6.07 Å². The Morgan fingerprint density at radius 1 is 1.21 bits per heavy atom. The lowest BCUT2D eigenvalue weighted by Gasteiger charge is -2.45. The molecule has 24 heavy (non-hydrogen) atoms. The summed E-state index contributed by atoms with van der Waals surface area (Å²) in [7, 11) is 1.60. The molecule has 0 saturated carbocycles. The SMILES string of the molecule is COC1=CC2CCCN3CCc4cc5c(cc4C(C1=O)[C@H]23)OCO5. The Morgan fingerprint density at radius 3 is 2.88 bits per heavy atom. The van der Waals surface area contributed by atoms with E-state index in [0.29, 0.717) is 11.7 Å². The van der Waals surface area contributed by atoms with Crippen molar-refractivity contribution in [1.29, 1.82) is 0 Å². The molecule has 5 nitrogen and oxygen atoms in total. The molecule has 0 radical (unpaired) electrons. The maximum atomic E-state index is 13.1. The highest BCUT2D eigenvalue weighted by atomic mass is 16.7. The van der Waals surface area contributed by atoms with E-state index in [2.05, 4.69) is 17.0 Å². The molecule has 1 saturated heterocycles. The summed E-state index contributed by atoms with van der Waals surface area (Å²) in [6.45, 7) is 2.33. The van der Waals surface area contributed by atoms with Crippen molar-refractivity contribution >= 4 is 5.78 Å². The van der Waals surface area contributed by atoms with Crippen LogP contribution in [0, 0.1) is 5.92 Å². The zero-order chi connectivity index (χ0) is 16.3. The van der Waals surface area contributed by atoms with E-state index >= 15 is 0 Å². The fourth-order valence-electron chi connectivity index (χ4n) is 4.87. The molecule has 4 aliphatic rings. The molecule has 3 heterocycles. The molecule has 3 atom stereocenters. The van der Waals surface area contributed by atoms with E-state index in [9.17, 15) is 4.79 Å². The molecule has 5 heteroatoms. The van der Waals surface area contributed by atoms with Crippen molar-refractivity contribution in [3.8, 4) is 11.5 Å². The molecular weight excluding hydrogens is 306 g/mol. The number of fused-ring (bicyclic) bond motifs is 3. The first kappa shape index (κ1) is 14.3. The van der Waals surface area contributed by atoms with E-state index in [0.717, 1.165) is 43.0 Å². The van der Waals surface area contributed by atoms with Gasteiger partial charge in [-0.3, -0.25) is 9.69 Å². The zero-order valence-electron chi connectivity index (χ0n) is 13.8. The van der Waals surface area contributed by atoms with Gasteiger partial charge in [0, 0.05) is 12.6 Å². The first-order valence-electron chi connectivity index (χ1n) is 8.73. The van der Waals surface area contributed by atoms with Gasteiger partial charge in [0.2, 0.25) is 12.6 Å². The Morgan fingerprint density at radius 2 is 2.04 bits per heavy atom. The fourth-order valence-corrected chi connectivity index (χ4v) is 4.87. The normalized spacial score (nSPS) is 31.0. The van der Waals surface area contributed by atoms with Crippen molar-refractivity contribution in [2.24, 2.45) is 5.92 Å². The summed E-state index contributed by atoms with van der Waals surface area (Å²) in [4.78, 5) is 15.7. The third-order valence-corrected chi connectivity index (χ3v) is 5.93. The molecule has 0 bridgehead atoms. The van der Waals surface area contributed by atoms with Crippen LogP contribution < -0.4 is 9.47 Å². The molecule has 1 aliphatic carbocycles. The lowest BCUT2D eigenvalue weighted by molar-refractivity contribution is -0.123. The highest BCUT2D eigenvalue weighted by Crippen LogP contribution is 2.47. The molecule has 1 aromatic carbocycles. The van der Waals surface area contributed by atoms with Crippen molar-refractivity contribution in [1.82, 2.24) is 4.90 Å². The highest BCUT2D eigenvalue weighted by molar-refractivity contribution is 6.00. The van der Waals surface area contributed by atoms with Gasteiger partial charge in [0.1, 0.15) is 0 Å². The molecule has 0 amide bonds. The topological polar surface area (TPSA) is 48.0 Å². The molecule has 2 unspecified atom stereocenters. The summed E-state index contributed by atoms with van der Waals surface area (Å²) in [6.07, 6.45) is 5.31. The van der Waals surface area contributed by atoms with E-state index in [4.69, 9.17) is 14.2 Å². The Bertz CT molecular complexity index is 741. The Balaban J connectivity index is 1.68. The first-order chi connectivity index (χ1) is 11.8. The van der Waals surface area contributed by atoms with Crippen LogP contribution in [-0.2, 0) is 16.0 Å². The summed E-state index contributed by atoms with van der Waals surface area (Å²) >= 11 is 0. The van der Waals surface area contributed by atoms with Crippen LogP contribution in [0.5, 0.6) is 11.5 Å². The minimum absolute atomic E-state index is 0.104. The molecule has 1 aromatic rings. The maximum Gasteiger partial charge on any atom is 0.231 e. The first-order valence-corrected chi connectivity index (χ1v) is 8.73. The number of hydrogen-bond donors (Lipinski definition) is 0. The number of Topliss-reactive ketones (excluding diaryl/α,β-unsaturated/α-hetero) is 1. The number of hydrogen-bond acceptors (Lipinski definition) is 5. The third-order valence-electron chi connectivity index (χ3n) is 5.93. The van der Waals surface area contributed by atoms with Crippen LogP contribution in [0.4, 0.5) is 0 Å². The zero-order valence-corrected chi connectivity index (χ0v) is 13.8. The number of carbonyl (C=O) groups excluding carboxylic acids is 1. The molecule has 3 aliphatic heterocycles. The van der Waals surface area contributed by atoms with Crippen molar-refractivity contribution in [2.45, 2.75) is 31.2 Å². The fraction of sp³-hybridized carbons (Fsp3) is 0.526. The van der Waals surface area contributed by atoms with Crippen molar-refractivity contribution in [3.63, 3.8) is 0 Å². The highest BCUT2D eigenvalue weighted by Gasteiger charge is 2.47. The predicted molar refractivity (Wildman–Crippen MR) is 87.2 cm³/mol. The van der Waals surface area contributed by atoms with E-state index < -0.39 is 0 Å². The largest absolute Gasteiger partial charge is 0.493 e. The average molecular weight is 327 g/mol. The van der Waals surface area contributed by atoms with Crippen molar-refractivity contribution < 1.29 is 19.0 Å². The Hall–Kier alpha value is -2.01. The summed E-state index contributed by atoms with van der Waals surface area (Å²) in [5, 5.41) is 0. The van der Waals surface area contributed by atoms with Crippen LogP contribution >= 0.6 is 0 Å². The monoisotopic (exact) mass is 327 g/mol. The molecule has 0 spiro atoms. The summed E-state index contributed by atoms with van der Waals surface area (Å²) in [5.41, 5.74) is 2.31. The van der Waals surface area contributed by atoms with Crippen LogP contribution in [0.2, 0.25) is 0 Å². The van der Waals surface area contributed by atoms with E-state index in [1.54, 1.807) is 7.11 Å². The molecular formula is C19H21NO4. The second-order valence-electron chi connectivity index (χ2n) is 7.06. The van der Waals surface area contributed by atoms with Gasteiger partial charge in [-0.25, -0.2) is 0 Å². The lowest BCUT2D eigenvalue weighted by Crippen LogP contribution is -2.51. The van der Waals surface area contributed by atoms with E-state index in [1.165, 1.54) is 12.0 Å². The molecule has 126 valence electrons. The number of carbonyl (C=O) groups is 1. The number of allylic oxidation sites excluding steroid dienone is 1. The number of nitrogens with zero attached hydrogens (tertiary/aromatic N) is 1. The molecule has 1 fully saturated rings. The second kappa shape index (κ2) is 5.24. The quantitative estimate of drug-likeness (QED) is 0.792. The van der Waals surface area contributed by atoms with Crippen LogP contribution in [0.25, 0.3) is 0 Å². The lowest BCUT2D eigenvalue weighted by atomic mass is 9.72. The number of rotatable bonds is 1. The minimum atomic E-state index is -0.165.